The minimum absolute atomic E-state index is 0.0407. The topological polar surface area (TPSA) is 92.4 Å². The summed E-state index contributed by atoms with van der Waals surface area (Å²) in [5, 5.41) is 15.3. The normalized spacial score (nSPS) is 16.6. The average Bonchev–Trinajstić information content (AvgIpc) is 3.00. The highest BCUT2D eigenvalue weighted by Gasteiger charge is 2.37. The number of rotatable bonds is 5. The molecule has 1 fully saturated rings. The second kappa shape index (κ2) is 4.80. The third kappa shape index (κ3) is 2.69. The number of carbonyl (C=O) groups excluding carboxylic acids is 1. The van der Waals surface area contributed by atoms with Crippen LogP contribution in [-0.2, 0) is 4.79 Å². The number of carboxylic acids is 1. The first-order chi connectivity index (χ1) is 8.49. The Kier molecular flexibility index (Phi) is 3.36. The lowest BCUT2D eigenvalue weighted by molar-refractivity contribution is -0.139. The summed E-state index contributed by atoms with van der Waals surface area (Å²) >= 11 is 0. The summed E-state index contributed by atoms with van der Waals surface area (Å²) in [6.45, 7) is 3.87. The Bertz CT molecular complexity index is 462. The molecule has 1 unspecified atom stereocenters. The predicted molar refractivity (Wildman–Crippen MR) is 62.2 cm³/mol. The van der Waals surface area contributed by atoms with Crippen molar-refractivity contribution in [2.24, 2.45) is 5.92 Å². The van der Waals surface area contributed by atoms with E-state index in [1.54, 1.807) is 6.07 Å². The standard InChI is InChI=1S/C12H16N2O4/c1-6(2)8-5-9(18-14-8)11(15)13-10(12(16)17)7-3-4-7/h5-7,10H,3-4H2,1-2H3,(H,13,15)(H,16,17). The van der Waals surface area contributed by atoms with Gasteiger partial charge in [-0.2, -0.15) is 0 Å². The van der Waals surface area contributed by atoms with Crippen molar-refractivity contribution in [2.75, 3.05) is 0 Å². The van der Waals surface area contributed by atoms with Crippen LogP contribution in [-0.4, -0.2) is 28.2 Å². The molecule has 0 spiro atoms. The Morgan fingerprint density at radius 3 is 2.61 bits per heavy atom. The van der Waals surface area contributed by atoms with Gasteiger partial charge in [0.15, 0.2) is 0 Å². The highest BCUT2D eigenvalue weighted by atomic mass is 16.5. The SMILES string of the molecule is CC(C)c1cc(C(=O)NC(C(=O)O)C2CC2)on1. The average molecular weight is 252 g/mol. The Morgan fingerprint density at radius 2 is 2.17 bits per heavy atom. The zero-order valence-corrected chi connectivity index (χ0v) is 10.3. The van der Waals surface area contributed by atoms with Crippen LogP contribution >= 0.6 is 0 Å². The monoisotopic (exact) mass is 252 g/mol. The van der Waals surface area contributed by atoms with E-state index < -0.39 is 17.9 Å². The molecule has 0 radical (unpaired) electrons. The van der Waals surface area contributed by atoms with Gasteiger partial charge in [0.2, 0.25) is 5.76 Å². The molecular weight excluding hydrogens is 236 g/mol. The molecule has 98 valence electrons. The molecule has 1 aliphatic carbocycles. The molecule has 2 N–H and O–H groups in total. The van der Waals surface area contributed by atoms with Crippen molar-refractivity contribution in [2.45, 2.75) is 38.6 Å². The van der Waals surface area contributed by atoms with Crippen LogP contribution in [0.5, 0.6) is 0 Å². The molecule has 1 aromatic rings. The Balaban J connectivity index is 2.03. The molecule has 1 aromatic heterocycles. The minimum Gasteiger partial charge on any atom is -0.480 e. The maximum atomic E-state index is 11.8. The highest BCUT2D eigenvalue weighted by Crippen LogP contribution is 2.32. The van der Waals surface area contributed by atoms with Crippen molar-refractivity contribution in [3.8, 4) is 0 Å². The molecule has 0 aliphatic heterocycles. The van der Waals surface area contributed by atoms with E-state index in [2.05, 4.69) is 10.5 Å². The smallest absolute Gasteiger partial charge is 0.326 e. The summed E-state index contributed by atoms with van der Waals surface area (Å²) in [5.41, 5.74) is 0.679. The number of carboxylic acid groups (broad SMARTS) is 1. The maximum absolute atomic E-state index is 11.8. The van der Waals surface area contributed by atoms with E-state index in [0.29, 0.717) is 5.69 Å². The van der Waals surface area contributed by atoms with Gasteiger partial charge in [-0.1, -0.05) is 19.0 Å². The fourth-order valence-corrected chi connectivity index (χ4v) is 1.69. The number of hydrogen-bond acceptors (Lipinski definition) is 4. The summed E-state index contributed by atoms with van der Waals surface area (Å²) in [6.07, 6.45) is 1.68. The van der Waals surface area contributed by atoms with E-state index in [1.807, 2.05) is 13.8 Å². The van der Waals surface area contributed by atoms with E-state index >= 15 is 0 Å². The largest absolute Gasteiger partial charge is 0.480 e. The molecule has 1 atom stereocenters. The number of carbonyl (C=O) groups is 2. The summed E-state index contributed by atoms with van der Waals surface area (Å²) in [6, 6.07) is 0.719. The van der Waals surface area contributed by atoms with Crippen LogP contribution < -0.4 is 5.32 Å². The summed E-state index contributed by atoms with van der Waals surface area (Å²) in [5.74, 6) is -1.26. The van der Waals surface area contributed by atoms with Crippen LogP contribution in [0.15, 0.2) is 10.6 Å². The molecule has 6 nitrogen and oxygen atoms in total. The van der Waals surface area contributed by atoms with E-state index in [9.17, 15) is 9.59 Å². The summed E-state index contributed by atoms with van der Waals surface area (Å²) in [4.78, 5) is 22.8. The Morgan fingerprint density at radius 1 is 1.50 bits per heavy atom. The first-order valence-electron chi connectivity index (χ1n) is 5.99. The number of nitrogens with zero attached hydrogens (tertiary/aromatic N) is 1. The van der Waals surface area contributed by atoms with Gasteiger partial charge < -0.3 is 14.9 Å². The van der Waals surface area contributed by atoms with Gasteiger partial charge in [0.1, 0.15) is 6.04 Å². The number of hydrogen-bond donors (Lipinski definition) is 2. The molecule has 18 heavy (non-hydrogen) atoms. The lowest BCUT2D eigenvalue weighted by Crippen LogP contribution is -2.42. The first kappa shape index (κ1) is 12.6. The lowest BCUT2D eigenvalue weighted by Gasteiger charge is -2.11. The van der Waals surface area contributed by atoms with Crippen LogP contribution in [0, 0.1) is 5.92 Å². The third-order valence-electron chi connectivity index (χ3n) is 2.99. The van der Waals surface area contributed by atoms with Gasteiger partial charge in [-0.25, -0.2) is 4.79 Å². The molecule has 0 bridgehead atoms. The van der Waals surface area contributed by atoms with E-state index in [4.69, 9.17) is 9.63 Å². The lowest BCUT2D eigenvalue weighted by atomic mass is 10.1. The number of nitrogens with one attached hydrogen (secondary N) is 1. The number of amides is 1. The summed E-state index contributed by atoms with van der Waals surface area (Å²) in [7, 11) is 0. The van der Waals surface area contributed by atoms with Crippen LogP contribution in [0.3, 0.4) is 0 Å². The second-order valence-electron chi connectivity index (χ2n) is 4.90. The van der Waals surface area contributed by atoms with E-state index in [0.717, 1.165) is 12.8 Å². The molecule has 1 amide bonds. The molecule has 1 heterocycles. The van der Waals surface area contributed by atoms with Gasteiger partial charge in [-0.05, 0) is 24.7 Å². The van der Waals surface area contributed by atoms with E-state index in [1.165, 1.54) is 0 Å². The molecule has 0 aromatic carbocycles. The fourth-order valence-electron chi connectivity index (χ4n) is 1.69. The molecule has 0 saturated heterocycles. The Labute approximate surface area is 104 Å². The van der Waals surface area contributed by atoms with E-state index in [-0.39, 0.29) is 17.6 Å². The third-order valence-corrected chi connectivity index (χ3v) is 2.99. The first-order valence-corrected chi connectivity index (χ1v) is 5.99. The quantitative estimate of drug-likeness (QED) is 0.826. The van der Waals surface area contributed by atoms with Gasteiger partial charge in [0, 0.05) is 6.07 Å². The van der Waals surface area contributed by atoms with Crippen molar-refractivity contribution in [3.05, 3.63) is 17.5 Å². The molecule has 1 aliphatic rings. The number of aliphatic carboxylic acids is 1. The zero-order chi connectivity index (χ0) is 13.3. The van der Waals surface area contributed by atoms with Crippen LogP contribution in [0.25, 0.3) is 0 Å². The van der Waals surface area contributed by atoms with Crippen LogP contribution in [0.1, 0.15) is 48.9 Å². The molecule has 6 heteroatoms. The van der Waals surface area contributed by atoms with Crippen LogP contribution in [0.2, 0.25) is 0 Å². The zero-order valence-electron chi connectivity index (χ0n) is 10.3. The second-order valence-corrected chi connectivity index (χ2v) is 4.90. The van der Waals surface area contributed by atoms with Crippen molar-refractivity contribution in [3.63, 3.8) is 0 Å². The highest BCUT2D eigenvalue weighted by molar-refractivity contribution is 5.94. The predicted octanol–water partition coefficient (Wildman–Crippen LogP) is 1.39. The number of aromatic nitrogens is 1. The van der Waals surface area contributed by atoms with Gasteiger partial charge in [0.25, 0.3) is 5.91 Å². The van der Waals surface area contributed by atoms with Crippen molar-refractivity contribution >= 4 is 11.9 Å². The summed E-state index contributed by atoms with van der Waals surface area (Å²) < 4.78 is 4.91. The maximum Gasteiger partial charge on any atom is 0.326 e. The molecule has 1 saturated carbocycles. The van der Waals surface area contributed by atoms with Crippen molar-refractivity contribution in [1.29, 1.82) is 0 Å². The Hall–Kier alpha value is -1.85. The van der Waals surface area contributed by atoms with Crippen molar-refractivity contribution in [1.82, 2.24) is 10.5 Å². The van der Waals surface area contributed by atoms with Gasteiger partial charge in [0.05, 0.1) is 5.69 Å². The van der Waals surface area contributed by atoms with Gasteiger partial charge >= 0.3 is 5.97 Å². The van der Waals surface area contributed by atoms with Gasteiger partial charge in [-0.15, -0.1) is 0 Å². The van der Waals surface area contributed by atoms with Gasteiger partial charge in [-0.3, -0.25) is 4.79 Å². The molecular formula is C12H16N2O4. The van der Waals surface area contributed by atoms with Crippen LogP contribution in [0.4, 0.5) is 0 Å². The minimum atomic E-state index is -1.01. The van der Waals surface area contributed by atoms with Crippen molar-refractivity contribution < 1.29 is 19.2 Å². The molecule has 2 rings (SSSR count). The fraction of sp³-hybridized carbons (Fsp3) is 0.583.